The summed E-state index contributed by atoms with van der Waals surface area (Å²) in [5, 5.41) is 19.6. The lowest BCUT2D eigenvalue weighted by atomic mass is 10.1. The molecule has 0 aliphatic carbocycles. The van der Waals surface area contributed by atoms with E-state index in [1.54, 1.807) is 0 Å². The standard InChI is InChI=1S/C15H16FNO6/c16-10-3-1-9(2-4-10)12(18)6-7-13(19)17-11(15(22)23)5-8-14(20)21/h1-4,11H,5-8H2,(H,17,19)(H,20,21)(H,22,23)/t11-/m0/s1. The van der Waals surface area contributed by atoms with E-state index in [9.17, 15) is 23.6 Å². The van der Waals surface area contributed by atoms with E-state index in [4.69, 9.17) is 10.2 Å². The van der Waals surface area contributed by atoms with Crippen molar-refractivity contribution in [2.45, 2.75) is 31.7 Å². The van der Waals surface area contributed by atoms with Crippen LogP contribution >= 0.6 is 0 Å². The van der Waals surface area contributed by atoms with Gasteiger partial charge >= 0.3 is 11.9 Å². The van der Waals surface area contributed by atoms with Gasteiger partial charge in [-0.1, -0.05) is 0 Å². The average Bonchev–Trinajstić information content (AvgIpc) is 2.49. The molecule has 3 N–H and O–H groups in total. The van der Waals surface area contributed by atoms with Crippen molar-refractivity contribution in [3.63, 3.8) is 0 Å². The molecule has 0 bridgehead atoms. The van der Waals surface area contributed by atoms with Crippen LogP contribution in [0, 0.1) is 5.82 Å². The predicted octanol–water partition coefficient (Wildman–Crippen LogP) is 1.22. The highest BCUT2D eigenvalue weighted by molar-refractivity contribution is 5.98. The van der Waals surface area contributed by atoms with Crippen molar-refractivity contribution >= 4 is 23.6 Å². The fourth-order valence-electron chi connectivity index (χ4n) is 1.80. The lowest BCUT2D eigenvalue weighted by molar-refractivity contribution is -0.143. The second kappa shape index (κ2) is 8.62. The normalized spacial score (nSPS) is 11.5. The Balaban J connectivity index is 2.48. The molecule has 0 saturated heterocycles. The summed E-state index contributed by atoms with van der Waals surface area (Å²) in [6.07, 6.45) is -1.05. The number of ketones is 1. The third kappa shape index (κ3) is 6.68. The molecule has 1 aromatic carbocycles. The van der Waals surface area contributed by atoms with E-state index >= 15 is 0 Å². The molecule has 1 rings (SSSR count). The number of benzene rings is 1. The number of hydrogen-bond acceptors (Lipinski definition) is 4. The molecule has 1 amide bonds. The topological polar surface area (TPSA) is 121 Å². The third-order valence-electron chi connectivity index (χ3n) is 3.03. The Bertz CT molecular complexity index is 598. The van der Waals surface area contributed by atoms with Gasteiger partial charge in [-0.3, -0.25) is 14.4 Å². The Morgan fingerprint density at radius 2 is 1.61 bits per heavy atom. The number of Topliss-reactive ketones (excluding diaryl/α,β-unsaturated/α-hetero) is 1. The van der Waals surface area contributed by atoms with Gasteiger partial charge in [0, 0.05) is 24.8 Å². The van der Waals surface area contributed by atoms with Gasteiger partial charge in [0.25, 0.3) is 0 Å². The summed E-state index contributed by atoms with van der Waals surface area (Å²) in [7, 11) is 0. The van der Waals surface area contributed by atoms with Crippen LogP contribution in [0.4, 0.5) is 4.39 Å². The van der Waals surface area contributed by atoms with E-state index in [2.05, 4.69) is 5.32 Å². The number of carbonyl (C=O) groups excluding carboxylic acids is 2. The zero-order valence-corrected chi connectivity index (χ0v) is 12.1. The molecule has 1 atom stereocenters. The number of amides is 1. The van der Waals surface area contributed by atoms with Gasteiger partial charge in [0.2, 0.25) is 5.91 Å². The minimum atomic E-state index is -1.34. The summed E-state index contributed by atoms with van der Waals surface area (Å²) in [5.41, 5.74) is 0.250. The van der Waals surface area contributed by atoms with Gasteiger partial charge in [0.05, 0.1) is 0 Å². The maximum absolute atomic E-state index is 12.7. The molecule has 8 heteroatoms. The molecule has 0 spiro atoms. The van der Waals surface area contributed by atoms with Crippen LogP contribution in [0.5, 0.6) is 0 Å². The lowest BCUT2D eigenvalue weighted by Crippen LogP contribution is -2.41. The van der Waals surface area contributed by atoms with Crippen LogP contribution in [0.15, 0.2) is 24.3 Å². The highest BCUT2D eigenvalue weighted by atomic mass is 19.1. The second-order valence-electron chi connectivity index (χ2n) is 4.82. The summed E-state index contributed by atoms with van der Waals surface area (Å²) < 4.78 is 12.7. The number of carboxylic acid groups (broad SMARTS) is 2. The molecule has 0 unspecified atom stereocenters. The Morgan fingerprint density at radius 1 is 1.00 bits per heavy atom. The molecule has 1 aromatic rings. The molecular weight excluding hydrogens is 309 g/mol. The number of carbonyl (C=O) groups is 4. The lowest BCUT2D eigenvalue weighted by Gasteiger charge is -2.13. The summed E-state index contributed by atoms with van der Waals surface area (Å²) in [5.74, 6) is -4.04. The summed E-state index contributed by atoms with van der Waals surface area (Å²) in [6.45, 7) is 0. The number of nitrogens with one attached hydrogen (secondary N) is 1. The molecule has 0 fully saturated rings. The average molecular weight is 325 g/mol. The number of carboxylic acids is 2. The van der Waals surface area contributed by atoms with Gasteiger partial charge in [-0.25, -0.2) is 9.18 Å². The molecule has 0 heterocycles. The highest BCUT2D eigenvalue weighted by Crippen LogP contribution is 2.08. The quantitative estimate of drug-likeness (QED) is 0.587. The Hall–Kier alpha value is -2.77. The Morgan fingerprint density at radius 3 is 2.13 bits per heavy atom. The van der Waals surface area contributed by atoms with Crippen LogP contribution in [-0.2, 0) is 14.4 Å². The maximum atomic E-state index is 12.7. The monoisotopic (exact) mass is 325 g/mol. The first-order valence-corrected chi connectivity index (χ1v) is 6.82. The maximum Gasteiger partial charge on any atom is 0.326 e. The second-order valence-corrected chi connectivity index (χ2v) is 4.82. The molecular formula is C15H16FNO6. The van der Waals surface area contributed by atoms with Gasteiger partial charge in [0.1, 0.15) is 11.9 Å². The van der Waals surface area contributed by atoms with Crippen LogP contribution in [0.1, 0.15) is 36.0 Å². The van der Waals surface area contributed by atoms with Crippen LogP contribution in [0.3, 0.4) is 0 Å². The van der Waals surface area contributed by atoms with Crippen LogP contribution in [-0.4, -0.2) is 39.9 Å². The molecule has 0 aliphatic rings. The third-order valence-corrected chi connectivity index (χ3v) is 3.03. The summed E-state index contributed by atoms with van der Waals surface area (Å²) in [4.78, 5) is 44.8. The van der Waals surface area contributed by atoms with E-state index in [1.807, 2.05) is 0 Å². The molecule has 0 aliphatic heterocycles. The van der Waals surface area contributed by atoms with E-state index in [1.165, 1.54) is 12.1 Å². The SMILES string of the molecule is O=C(O)CC[C@H](NC(=O)CCC(=O)c1ccc(F)cc1)C(=O)O. The Labute approximate surface area is 131 Å². The highest BCUT2D eigenvalue weighted by Gasteiger charge is 2.21. The van der Waals surface area contributed by atoms with Gasteiger partial charge < -0.3 is 15.5 Å². The van der Waals surface area contributed by atoms with E-state index in [0.29, 0.717) is 0 Å². The van der Waals surface area contributed by atoms with Gasteiger partial charge in [-0.05, 0) is 30.7 Å². The van der Waals surface area contributed by atoms with E-state index in [0.717, 1.165) is 12.1 Å². The first kappa shape index (κ1) is 18.3. The van der Waals surface area contributed by atoms with Crippen molar-refractivity contribution < 1.29 is 33.8 Å². The van der Waals surface area contributed by atoms with Crippen molar-refractivity contribution in [3.8, 4) is 0 Å². The molecule has 0 radical (unpaired) electrons. The summed E-state index contributed by atoms with van der Waals surface area (Å²) >= 11 is 0. The van der Waals surface area contributed by atoms with Crippen molar-refractivity contribution in [2.24, 2.45) is 0 Å². The first-order chi connectivity index (χ1) is 10.8. The van der Waals surface area contributed by atoms with Crippen molar-refractivity contribution in [1.82, 2.24) is 5.32 Å². The molecule has 0 aromatic heterocycles. The van der Waals surface area contributed by atoms with Gasteiger partial charge in [-0.2, -0.15) is 0 Å². The zero-order valence-electron chi connectivity index (χ0n) is 12.1. The van der Waals surface area contributed by atoms with Gasteiger partial charge in [-0.15, -0.1) is 0 Å². The molecule has 0 saturated carbocycles. The smallest absolute Gasteiger partial charge is 0.326 e. The zero-order chi connectivity index (χ0) is 17.4. The van der Waals surface area contributed by atoms with Crippen molar-refractivity contribution in [1.29, 1.82) is 0 Å². The van der Waals surface area contributed by atoms with Crippen LogP contribution in [0.25, 0.3) is 0 Å². The number of aliphatic carboxylic acids is 2. The van der Waals surface area contributed by atoms with Crippen molar-refractivity contribution in [3.05, 3.63) is 35.6 Å². The van der Waals surface area contributed by atoms with Crippen molar-refractivity contribution in [2.75, 3.05) is 0 Å². The number of halogens is 1. The minimum Gasteiger partial charge on any atom is -0.481 e. The molecule has 124 valence electrons. The molecule has 23 heavy (non-hydrogen) atoms. The number of rotatable bonds is 9. The first-order valence-electron chi connectivity index (χ1n) is 6.82. The number of hydrogen-bond donors (Lipinski definition) is 3. The fourth-order valence-corrected chi connectivity index (χ4v) is 1.80. The fraction of sp³-hybridized carbons (Fsp3) is 0.333. The Kier molecular flexibility index (Phi) is 6.85. The van der Waals surface area contributed by atoms with E-state index < -0.39 is 36.1 Å². The van der Waals surface area contributed by atoms with Crippen LogP contribution < -0.4 is 5.32 Å². The molecule has 7 nitrogen and oxygen atoms in total. The van der Waals surface area contributed by atoms with E-state index in [-0.39, 0.29) is 30.6 Å². The van der Waals surface area contributed by atoms with Crippen LogP contribution in [0.2, 0.25) is 0 Å². The largest absolute Gasteiger partial charge is 0.481 e. The minimum absolute atomic E-state index is 0.164. The summed E-state index contributed by atoms with van der Waals surface area (Å²) in [6, 6.07) is 3.52. The predicted molar refractivity (Wildman–Crippen MR) is 76.4 cm³/mol. The van der Waals surface area contributed by atoms with Gasteiger partial charge in [0.15, 0.2) is 5.78 Å².